The lowest BCUT2D eigenvalue weighted by atomic mass is 9.92. The third-order valence-electron chi connectivity index (χ3n) is 4.08. The number of ketones is 1. The number of Topliss-reactive ketones (excluding diaryl/α,β-unsaturated/α-hetero) is 1. The molecular weight excluding hydrogens is 320 g/mol. The van der Waals surface area contributed by atoms with Crippen molar-refractivity contribution >= 4 is 5.78 Å². The Morgan fingerprint density at radius 2 is 1.96 bits per heavy atom. The predicted octanol–water partition coefficient (Wildman–Crippen LogP) is 5.98. The lowest BCUT2D eigenvalue weighted by Gasteiger charge is -2.20. The summed E-state index contributed by atoms with van der Waals surface area (Å²) in [6, 6.07) is 0. The van der Waals surface area contributed by atoms with Gasteiger partial charge in [-0.2, -0.15) is 0 Å². The highest BCUT2D eigenvalue weighted by atomic mass is 16.5. The Hall–Kier alpha value is -2.11. The first kappa shape index (κ1) is 23.9. The van der Waals surface area contributed by atoms with Crippen molar-refractivity contribution in [3.63, 3.8) is 0 Å². The van der Waals surface area contributed by atoms with Crippen LogP contribution in [0.15, 0.2) is 60.3 Å². The number of unbranched alkanes of at least 4 members (excludes halogenated alkanes) is 1. The molecule has 0 N–H and O–H groups in total. The van der Waals surface area contributed by atoms with Gasteiger partial charge in [-0.1, -0.05) is 79.9 Å². The molecule has 0 aromatic rings. The van der Waals surface area contributed by atoms with E-state index in [1.54, 1.807) is 18.2 Å². The van der Waals surface area contributed by atoms with Crippen LogP contribution in [0.4, 0.5) is 0 Å². The molecule has 0 saturated heterocycles. The zero-order valence-electron chi connectivity index (χ0n) is 16.8. The van der Waals surface area contributed by atoms with Crippen molar-refractivity contribution in [3.05, 3.63) is 60.3 Å². The summed E-state index contributed by atoms with van der Waals surface area (Å²) < 4.78 is 5.96. The van der Waals surface area contributed by atoms with E-state index in [2.05, 4.69) is 26.3 Å². The second-order valence-electron chi connectivity index (χ2n) is 6.55. The summed E-state index contributed by atoms with van der Waals surface area (Å²) >= 11 is 0. The first-order valence-corrected chi connectivity index (χ1v) is 9.34. The maximum absolute atomic E-state index is 12.8. The summed E-state index contributed by atoms with van der Waals surface area (Å²) in [6.45, 7) is 12.2. The van der Waals surface area contributed by atoms with Crippen molar-refractivity contribution < 1.29 is 9.53 Å². The summed E-state index contributed by atoms with van der Waals surface area (Å²) in [4.78, 5) is 12.8. The summed E-state index contributed by atoms with van der Waals surface area (Å²) in [5.41, 5.74) is 1.99. The summed E-state index contributed by atoms with van der Waals surface area (Å²) in [7, 11) is 0. The van der Waals surface area contributed by atoms with E-state index in [1.165, 1.54) is 0 Å². The van der Waals surface area contributed by atoms with Crippen LogP contribution in [0.1, 0.15) is 53.4 Å². The van der Waals surface area contributed by atoms with E-state index in [-0.39, 0.29) is 17.8 Å². The third-order valence-corrected chi connectivity index (χ3v) is 4.08. The number of carbonyl (C=O) groups excluding carboxylic acids is 1. The fraction of sp³-hybridized carbons (Fsp3) is 0.458. The highest BCUT2D eigenvalue weighted by molar-refractivity contribution is 5.85. The van der Waals surface area contributed by atoms with Gasteiger partial charge in [-0.25, -0.2) is 0 Å². The van der Waals surface area contributed by atoms with Crippen LogP contribution in [-0.4, -0.2) is 18.5 Å². The van der Waals surface area contributed by atoms with Gasteiger partial charge in [-0.3, -0.25) is 4.79 Å². The maximum atomic E-state index is 12.8. The van der Waals surface area contributed by atoms with E-state index in [0.717, 1.165) is 30.4 Å². The van der Waals surface area contributed by atoms with E-state index >= 15 is 0 Å². The Morgan fingerprint density at radius 3 is 2.58 bits per heavy atom. The van der Waals surface area contributed by atoms with Gasteiger partial charge in [0.25, 0.3) is 0 Å². The average molecular weight is 355 g/mol. The van der Waals surface area contributed by atoms with Gasteiger partial charge < -0.3 is 4.74 Å². The van der Waals surface area contributed by atoms with Crippen LogP contribution in [0.3, 0.4) is 0 Å². The fourth-order valence-corrected chi connectivity index (χ4v) is 2.44. The van der Waals surface area contributed by atoms with Crippen molar-refractivity contribution in [2.75, 3.05) is 6.61 Å². The molecule has 142 valence electrons. The highest BCUT2D eigenvalue weighted by Gasteiger charge is 2.21. The van der Waals surface area contributed by atoms with Crippen LogP contribution in [-0.2, 0) is 9.53 Å². The largest absolute Gasteiger partial charge is 0.377 e. The van der Waals surface area contributed by atoms with Gasteiger partial charge in [-0.15, -0.1) is 6.42 Å². The monoisotopic (exact) mass is 354 g/mol. The Balaban J connectivity index is 5.09. The molecule has 2 unspecified atom stereocenters. The molecule has 2 atom stereocenters. The van der Waals surface area contributed by atoms with Gasteiger partial charge in [0.1, 0.15) is 5.78 Å². The maximum Gasteiger partial charge on any atom is 0.146 e. The molecule has 0 spiro atoms. The van der Waals surface area contributed by atoms with E-state index < -0.39 is 0 Å². The Morgan fingerprint density at radius 1 is 1.23 bits per heavy atom. The molecule has 0 aliphatic heterocycles. The molecular formula is C24H34O2. The number of rotatable bonds is 13. The molecule has 0 aromatic carbocycles. The summed E-state index contributed by atoms with van der Waals surface area (Å²) in [6.07, 6.45) is 21.8. The molecule has 0 aromatic heterocycles. The molecule has 0 aliphatic rings. The molecule has 0 amide bonds. The molecule has 26 heavy (non-hydrogen) atoms. The molecule has 0 saturated carbocycles. The first-order chi connectivity index (χ1) is 12.5. The highest BCUT2D eigenvalue weighted by Crippen LogP contribution is 2.19. The van der Waals surface area contributed by atoms with Crippen molar-refractivity contribution in [1.82, 2.24) is 0 Å². The first-order valence-electron chi connectivity index (χ1n) is 9.34. The van der Waals surface area contributed by atoms with Crippen LogP contribution < -0.4 is 0 Å². The van der Waals surface area contributed by atoms with Gasteiger partial charge in [0.05, 0.1) is 18.6 Å². The van der Waals surface area contributed by atoms with Crippen molar-refractivity contribution in [2.24, 2.45) is 5.92 Å². The molecule has 0 fully saturated rings. The van der Waals surface area contributed by atoms with Gasteiger partial charge in [-0.05, 0) is 33.3 Å². The minimum Gasteiger partial charge on any atom is -0.377 e. The number of terminal acetylenes is 1. The number of ether oxygens (including phenoxy) is 1. The van der Waals surface area contributed by atoms with E-state index in [4.69, 9.17) is 11.2 Å². The Labute approximate surface area is 160 Å². The molecule has 2 nitrogen and oxygen atoms in total. The van der Waals surface area contributed by atoms with Gasteiger partial charge in [0.15, 0.2) is 0 Å². The van der Waals surface area contributed by atoms with Crippen LogP contribution in [0.25, 0.3) is 0 Å². The normalized spacial score (nSPS) is 15.2. The zero-order valence-corrected chi connectivity index (χ0v) is 16.8. The minimum absolute atomic E-state index is 0.159. The topological polar surface area (TPSA) is 26.3 Å². The second-order valence-corrected chi connectivity index (χ2v) is 6.55. The van der Waals surface area contributed by atoms with E-state index in [0.29, 0.717) is 13.0 Å². The quantitative estimate of drug-likeness (QED) is 0.300. The molecule has 2 heteroatoms. The van der Waals surface area contributed by atoms with E-state index in [9.17, 15) is 4.79 Å². The smallest absolute Gasteiger partial charge is 0.146 e. The number of carbonyl (C=O) groups is 1. The Bertz CT molecular complexity index is 582. The lowest BCUT2D eigenvalue weighted by Crippen LogP contribution is -2.24. The molecule has 0 aliphatic carbocycles. The number of hydrogen-bond donors (Lipinski definition) is 0. The fourth-order valence-electron chi connectivity index (χ4n) is 2.44. The van der Waals surface area contributed by atoms with Crippen molar-refractivity contribution in [1.29, 1.82) is 0 Å². The van der Waals surface area contributed by atoms with Crippen LogP contribution in [0.5, 0.6) is 0 Å². The van der Waals surface area contributed by atoms with Crippen LogP contribution >= 0.6 is 0 Å². The van der Waals surface area contributed by atoms with Crippen LogP contribution in [0, 0.1) is 18.3 Å². The standard InChI is InChI=1S/C24H34O2/c1-7-10-13-15-20(4)18-24(25)23(21(5)16-14-11-8-2)19-26-22(6)17-12-9-3/h2,7,10-11,13-16,22-23H,1,9,12,17-19H2,3-6H3/b13-10-,14-11-,20-15+,21-16+. The second kappa shape index (κ2) is 15.2. The predicted molar refractivity (Wildman–Crippen MR) is 113 cm³/mol. The molecule has 0 bridgehead atoms. The SMILES string of the molecule is C#C/C=C\C=C(/C)C(COC(C)CCCC)C(=O)C/C(C)=C/C=C\C=C. The summed E-state index contributed by atoms with van der Waals surface area (Å²) in [5.74, 6) is 2.37. The van der Waals surface area contributed by atoms with Crippen molar-refractivity contribution in [3.8, 4) is 12.3 Å². The number of allylic oxidation sites excluding steroid dienone is 8. The molecule has 0 radical (unpaired) electrons. The Kier molecular flexibility index (Phi) is 13.9. The van der Waals surface area contributed by atoms with Crippen LogP contribution in [0.2, 0.25) is 0 Å². The number of hydrogen-bond acceptors (Lipinski definition) is 2. The molecule has 0 rings (SSSR count). The molecule has 0 heterocycles. The van der Waals surface area contributed by atoms with E-state index in [1.807, 2.05) is 38.2 Å². The average Bonchev–Trinajstić information content (AvgIpc) is 2.60. The van der Waals surface area contributed by atoms with Gasteiger partial charge in [0, 0.05) is 6.42 Å². The van der Waals surface area contributed by atoms with Gasteiger partial charge >= 0.3 is 0 Å². The van der Waals surface area contributed by atoms with Crippen molar-refractivity contribution in [2.45, 2.75) is 59.5 Å². The lowest BCUT2D eigenvalue weighted by molar-refractivity contribution is -0.123. The van der Waals surface area contributed by atoms with Gasteiger partial charge in [0.2, 0.25) is 0 Å². The summed E-state index contributed by atoms with van der Waals surface area (Å²) in [5, 5.41) is 0. The zero-order chi connectivity index (χ0) is 19.8. The third kappa shape index (κ3) is 11.4. The minimum atomic E-state index is -0.256.